The van der Waals surface area contributed by atoms with Crippen molar-refractivity contribution in [1.29, 1.82) is 0 Å². The maximum atomic E-state index is 14.1. The van der Waals surface area contributed by atoms with Crippen LogP contribution in [0.25, 0.3) is 5.57 Å². The summed E-state index contributed by atoms with van der Waals surface area (Å²) in [6.45, 7) is 7.62. The number of rotatable bonds is 7. The van der Waals surface area contributed by atoms with E-state index in [1.165, 1.54) is 0 Å². The summed E-state index contributed by atoms with van der Waals surface area (Å²) in [4.78, 5) is 0.393. The van der Waals surface area contributed by atoms with Crippen molar-refractivity contribution >= 4 is 15.6 Å². The number of benzene rings is 3. The number of sulfonamides is 1. The molecule has 1 saturated heterocycles. The summed E-state index contributed by atoms with van der Waals surface area (Å²) >= 11 is 0. The summed E-state index contributed by atoms with van der Waals surface area (Å²) in [5.41, 5.74) is 5.54. The second-order valence-electron chi connectivity index (χ2n) is 8.62. The number of hydrogen-bond donors (Lipinski definition) is 0. The van der Waals surface area contributed by atoms with Crippen molar-refractivity contribution in [1.82, 2.24) is 4.31 Å². The summed E-state index contributed by atoms with van der Waals surface area (Å²) in [5, 5.41) is 0. The quantitative estimate of drug-likeness (QED) is 0.424. The highest BCUT2D eigenvalue weighted by Gasteiger charge is 2.57. The van der Waals surface area contributed by atoms with E-state index in [4.69, 9.17) is 4.74 Å². The average Bonchev–Trinajstić information content (AvgIpc) is 3.52. The van der Waals surface area contributed by atoms with Gasteiger partial charge in [-0.15, -0.1) is 0 Å². The zero-order valence-electron chi connectivity index (χ0n) is 19.9. The molecule has 3 aromatic rings. The summed E-state index contributed by atoms with van der Waals surface area (Å²) in [7, 11) is -2.10. The van der Waals surface area contributed by atoms with Crippen molar-refractivity contribution in [2.24, 2.45) is 0 Å². The van der Waals surface area contributed by atoms with Crippen LogP contribution in [-0.4, -0.2) is 31.9 Å². The SMILES string of the molecule is C/C=C(\c1ccccc1)[C@@H]1[C@H](Cc2ccccc2)N1S(=O)(=O)c1c(C)cc(OC)c(C)c1C. The highest BCUT2D eigenvalue weighted by atomic mass is 32.2. The van der Waals surface area contributed by atoms with Gasteiger partial charge in [-0.05, 0) is 73.6 Å². The van der Waals surface area contributed by atoms with Crippen LogP contribution in [0.3, 0.4) is 0 Å². The minimum absolute atomic E-state index is 0.134. The Morgan fingerprint density at radius 3 is 2.15 bits per heavy atom. The van der Waals surface area contributed by atoms with Gasteiger partial charge in [0, 0.05) is 0 Å². The van der Waals surface area contributed by atoms with Crippen LogP contribution in [0.5, 0.6) is 5.75 Å². The normalized spacial score (nSPS) is 20.5. The van der Waals surface area contributed by atoms with Gasteiger partial charge in [0.2, 0.25) is 10.0 Å². The van der Waals surface area contributed by atoms with E-state index in [1.54, 1.807) is 11.4 Å². The Balaban J connectivity index is 1.80. The Morgan fingerprint density at radius 1 is 0.970 bits per heavy atom. The first-order chi connectivity index (χ1) is 15.8. The topological polar surface area (TPSA) is 46.4 Å². The molecule has 0 N–H and O–H groups in total. The molecule has 0 aliphatic carbocycles. The molecule has 1 heterocycles. The summed E-state index contributed by atoms with van der Waals surface area (Å²) in [6, 6.07) is 21.7. The van der Waals surface area contributed by atoms with Crippen LogP contribution in [0.4, 0.5) is 0 Å². The third kappa shape index (κ3) is 4.23. The zero-order chi connectivity index (χ0) is 23.8. The monoisotopic (exact) mass is 461 g/mol. The maximum absolute atomic E-state index is 14.1. The number of methoxy groups -OCH3 is 1. The minimum Gasteiger partial charge on any atom is -0.496 e. The van der Waals surface area contributed by atoms with E-state index in [0.29, 0.717) is 22.6 Å². The van der Waals surface area contributed by atoms with Gasteiger partial charge in [0.1, 0.15) is 5.75 Å². The fraction of sp³-hybridized carbons (Fsp3) is 0.286. The van der Waals surface area contributed by atoms with E-state index in [0.717, 1.165) is 27.8 Å². The summed E-state index contributed by atoms with van der Waals surface area (Å²) in [5.74, 6) is 0.713. The van der Waals surface area contributed by atoms with Crippen molar-refractivity contribution in [3.8, 4) is 5.75 Å². The van der Waals surface area contributed by atoms with E-state index in [1.807, 2.05) is 88.4 Å². The molecule has 1 aliphatic heterocycles. The van der Waals surface area contributed by atoms with E-state index in [2.05, 4.69) is 12.1 Å². The van der Waals surface area contributed by atoms with Gasteiger partial charge in [-0.1, -0.05) is 66.7 Å². The lowest BCUT2D eigenvalue weighted by Crippen LogP contribution is -2.20. The Labute approximate surface area is 197 Å². The molecule has 0 aromatic heterocycles. The first-order valence-corrected chi connectivity index (χ1v) is 12.7. The Bertz CT molecular complexity index is 1280. The van der Waals surface area contributed by atoms with Crippen LogP contribution in [0.15, 0.2) is 77.7 Å². The molecule has 0 amide bonds. The van der Waals surface area contributed by atoms with Crippen LogP contribution in [0.1, 0.15) is 34.7 Å². The third-order valence-corrected chi connectivity index (χ3v) is 8.83. The van der Waals surface area contributed by atoms with Gasteiger partial charge in [0.15, 0.2) is 0 Å². The fourth-order valence-corrected chi connectivity index (χ4v) is 7.12. The molecule has 0 radical (unpaired) electrons. The molecule has 1 fully saturated rings. The van der Waals surface area contributed by atoms with Crippen LogP contribution >= 0.6 is 0 Å². The van der Waals surface area contributed by atoms with Crippen LogP contribution in [-0.2, 0) is 16.4 Å². The molecule has 5 heteroatoms. The first kappa shape index (κ1) is 23.3. The van der Waals surface area contributed by atoms with E-state index in [9.17, 15) is 8.42 Å². The molecule has 3 aromatic carbocycles. The van der Waals surface area contributed by atoms with E-state index < -0.39 is 10.0 Å². The molecule has 0 saturated carbocycles. The predicted octanol–water partition coefficient (Wildman–Crippen LogP) is 5.71. The number of hydrogen-bond acceptors (Lipinski definition) is 3. The van der Waals surface area contributed by atoms with Gasteiger partial charge in [0.05, 0.1) is 24.1 Å². The first-order valence-electron chi connectivity index (χ1n) is 11.2. The molecular formula is C28H31NO3S. The molecule has 33 heavy (non-hydrogen) atoms. The lowest BCUT2D eigenvalue weighted by molar-refractivity contribution is 0.410. The number of aryl methyl sites for hydroxylation is 1. The summed E-state index contributed by atoms with van der Waals surface area (Å²) < 4.78 is 35.4. The molecule has 4 rings (SSSR count). The minimum atomic E-state index is -3.72. The zero-order valence-corrected chi connectivity index (χ0v) is 20.7. The molecule has 0 bridgehead atoms. The Hall–Kier alpha value is -2.89. The largest absolute Gasteiger partial charge is 0.496 e. The highest BCUT2D eigenvalue weighted by molar-refractivity contribution is 7.89. The number of ether oxygens (including phenoxy) is 1. The average molecular weight is 462 g/mol. The molecule has 172 valence electrons. The molecule has 1 aliphatic rings. The van der Waals surface area contributed by atoms with E-state index >= 15 is 0 Å². The number of nitrogens with zero attached hydrogens (tertiary/aromatic N) is 1. The second-order valence-corrected chi connectivity index (χ2v) is 10.4. The Kier molecular flexibility index (Phi) is 6.46. The van der Waals surface area contributed by atoms with Crippen molar-refractivity contribution in [3.63, 3.8) is 0 Å². The van der Waals surface area contributed by atoms with Gasteiger partial charge in [-0.3, -0.25) is 0 Å². The predicted molar refractivity (Wildman–Crippen MR) is 134 cm³/mol. The van der Waals surface area contributed by atoms with Crippen LogP contribution < -0.4 is 4.74 Å². The van der Waals surface area contributed by atoms with E-state index in [-0.39, 0.29) is 12.1 Å². The molecule has 1 unspecified atom stereocenters. The molecular weight excluding hydrogens is 430 g/mol. The number of allylic oxidation sites excluding steroid dienone is 1. The second kappa shape index (κ2) is 9.16. The molecule has 4 nitrogen and oxygen atoms in total. The lowest BCUT2D eigenvalue weighted by atomic mass is 9.98. The maximum Gasteiger partial charge on any atom is 0.244 e. The highest BCUT2D eigenvalue weighted by Crippen LogP contribution is 2.47. The summed E-state index contributed by atoms with van der Waals surface area (Å²) in [6.07, 6.45) is 2.72. The Morgan fingerprint density at radius 2 is 1.58 bits per heavy atom. The van der Waals surface area contributed by atoms with Crippen molar-refractivity contribution in [2.45, 2.75) is 51.1 Å². The smallest absolute Gasteiger partial charge is 0.244 e. The van der Waals surface area contributed by atoms with Gasteiger partial charge in [-0.25, -0.2) is 8.42 Å². The van der Waals surface area contributed by atoms with Crippen molar-refractivity contribution in [2.75, 3.05) is 7.11 Å². The standard InChI is InChI=1S/C28H31NO3S/c1-6-24(23-15-11-8-12-16-23)27-25(18-22-13-9-7-10-14-22)29(27)33(30,31)28-19(2)17-26(32-5)20(3)21(28)4/h6-17,25,27H,18H2,1-5H3/b24-6+/t25-,27+,29?/m0/s1. The van der Waals surface area contributed by atoms with Gasteiger partial charge >= 0.3 is 0 Å². The van der Waals surface area contributed by atoms with Crippen LogP contribution in [0.2, 0.25) is 0 Å². The van der Waals surface area contributed by atoms with Crippen molar-refractivity contribution < 1.29 is 13.2 Å². The lowest BCUT2D eigenvalue weighted by Gasteiger charge is -2.17. The van der Waals surface area contributed by atoms with Gasteiger partial charge < -0.3 is 4.74 Å². The van der Waals surface area contributed by atoms with Gasteiger partial charge in [0.25, 0.3) is 0 Å². The third-order valence-electron chi connectivity index (χ3n) is 6.63. The molecule has 0 spiro atoms. The van der Waals surface area contributed by atoms with Crippen molar-refractivity contribution in [3.05, 3.63) is 101 Å². The molecule has 3 atom stereocenters. The van der Waals surface area contributed by atoms with Gasteiger partial charge in [-0.2, -0.15) is 4.31 Å². The van der Waals surface area contributed by atoms with Crippen LogP contribution in [0, 0.1) is 20.8 Å². The fourth-order valence-electron chi connectivity index (χ4n) is 4.86.